The van der Waals surface area contributed by atoms with Crippen LogP contribution in [0.5, 0.6) is 11.5 Å². The minimum Gasteiger partial charge on any atom is -0.395 e. The molecule has 1 saturated heterocycles. The molecule has 1 aromatic rings. The van der Waals surface area contributed by atoms with Gasteiger partial charge >= 0.3 is 6.29 Å². The topological polar surface area (TPSA) is 112 Å². The van der Waals surface area contributed by atoms with Gasteiger partial charge in [0.25, 0.3) is 0 Å². The van der Waals surface area contributed by atoms with Crippen LogP contribution < -0.4 is 14.8 Å². The van der Waals surface area contributed by atoms with Gasteiger partial charge in [-0.15, -0.1) is 8.78 Å². The molecule has 2 aliphatic rings. The number of aliphatic hydroxyl groups is 2. The van der Waals surface area contributed by atoms with E-state index in [1.165, 1.54) is 18.2 Å². The van der Waals surface area contributed by atoms with E-state index in [4.69, 9.17) is 5.26 Å². The first kappa shape index (κ1) is 13.5. The van der Waals surface area contributed by atoms with Crippen molar-refractivity contribution >= 4 is 5.91 Å². The molecule has 3 N–H and O–H groups in total. The zero-order valence-electron chi connectivity index (χ0n) is 10.2. The smallest absolute Gasteiger partial charge is 0.395 e. The van der Waals surface area contributed by atoms with E-state index in [9.17, 15) is 23.8 Å². The molecule has 9 heteroatoms. The maximum atomic E-state index is 13.1. The summed E-state index contributed by atoms with van der Waals surface area (Å²) in [7, 11) is 0. The molecule has 7 nitrogen and oxygen atoms in total. The van der Waals surface area contributed by atoms with Gasteiger partial charge in [0.05, 0.1) is 6.07 Å². The number of ether oxygens (including phenoxy) is 2. The second-order valence-electron chi connectivity index (χ2n) is 4.60. The molecule has 1 amide bonds. The fraction of sp³-hybridized carbons (Fsp3) is 0.333. The van der Waals surface area contributed by atoms with E-state index in [2.05, 4.69) is 9.47 Å². The van der Waals surface area contributed by atoms with E-state index >= 15 is 0 Å². The number of para-hydroxylation sites is 1. The van der Waals surface area contributed by atoms with Crippen LogP contribution in [0.3, 0.4) is 0 Å². The second-order valence-corrected chi connectivity index (χ2v) is 4.60. The summed E-state index contributed by atoms with van der Waals surface area (Å²) in [6.45, 7) is 0. The van der Waals surface area contributed by atoms with E-state index in [0.29, 0.717) is 0 Å². The van der Waals surface area contributed by atoms with Crippen molar-refractivity contribution in [1.82, 2.24) is 5.32 Å². The maximum Gasteiger partial charge on any atom is 0.586 e. The van der Waals surface area contributed by atoms with Crippen LogP contribution in [0.4, 0.5) is 8.78 Å². The van der Waals surface area contributed by atoms with Crippen LogP contribution in [-0.2, 0) is 10.4 Å². The Morgan fingerprint density at radius 3 is 2.76 bits per heavy atom. The van der Waals surface area contributed by atoms with Gasteiger partial charge in [-0.3, -0.25) is 4.79 Å². The molecule has 2 heterocycles. The summed E-state index contributed by atoms with van der Waals surface area (Å²) >= 11 is 0. The van der Waals surface area contributed by atoms with Gasteiger partial charge in [-0.05, 0) is 6.07 Å². The van der Waals surface area contributed by atoms with Crippen molar-refractivity contribution in [2.24, 2.45) is 5.92 Å². The number of hydrogen-bond donors (Lipinski definition) is 3. The van der Waals surface area contributed by atoms with E-state index in [-0.39, 0.29) is 11.3 Å². The number of halogens is 2. The molecule has 2 aliphatic heterocycles. The predicted octanol–water partition coefficient (Wildman–Crippen LogP) is -0.216. The largest absolute Gasteiger partial charge is 0.586 e. The summed E-state index contributed by atoms with van der Waals surface area (Å²) in [5.74, 6) is -3.50. The molecule has 0 aromatic heterocycles. The number of nitrogens with one attached hydrogen (secondary N) is 1. The zero-order valence-corrected chi connectivity index (χ0v) is 10.2. The number of carbonyl (C=O) groups is 1. The predicted molar refractivity (Wildman–Crippen MR) is 59.8 cm³/mol. The lowest BCUT2D eigenvalue weighted by atomic mass is 9.82. The number of alkyl halides is 2. The van der Waals surface area contributed by atoms with Gasteiger partial charge in [-0.2, -0.15) is 5.26 Å². The lowest BCUT2D eigenvalue weighted by molar-refractivity contribution is -0.287. The normalized spacial score (nSPS) is 32.6. The van der Waals surface area contributed by atoms with Crippen LogP contribution in [0.25, 0.3) is 0 Å². The molecule has 0 bridgehead atoms. The van der Waals surface area contributed by atoms with Gasteiger partial charge in [-0.1, -0.05) is 12.1 Å². The highest BCUT2D eigenvalue weighted by Crippen LogP contribution is 2.50. The van der Waals surface area contributed by atoms with Gasteiger partial charge in [0.1, 0.15) is 0 Å². The molecule has 110 valence electrons. The Labute approximate surface area is 116 Å². The van der Waals surface area contributed by atoms with Crippen molar-refractivity contribution in [3.63, 3.8) is 0 Å². The first-order valence-corrected chi connectivity index (χ1v) is 5.79. The van der Waals surface area contributed by atoms with Gasteiger partial charge in [0, 0.05) is 5.56 Å². The summed E-state index contributed by atoms with van der Waals surface area (Å²) in [4.78, 5) is 11.6. The lowest BCUT2D eigenvalue weighted by Crippen LogP contribution is -2.43. The third-order valence-electron chi connectivity index (χ3n) is 3.39. The molecule has 21 heavy (non-hydrogen) atoms. The molecule has 1 fully saturated rings. The number of carbonyl (C=O) groups excluding carboxylic acids is 1. The van der Waals surface area contributed by atoms with Crippen LogP contribution in [0.15, 0.2) is 18.2 Å². The minimum atomic E-state index is -3.93. The van der Waals surface area contributed by atoms with Crippen LogP contribution in [0.1, 0.15) is 5.56 Å². The molecule has 0 radical (unpaired) electrons. The molecular formula is C12H8F2N2O5. The Balaban J connectivity index is 2.17. The van der Waals surface area contributed by atoms with Gasteiger partial charge in [-0.25, -0.2) is 0 Å². The number of rotatable bonds is 1. The first-order valence-electron chi connectivity index (χ1n) is 5.79. The quantitative estimate of drug-likeness (QED) is 0.661. The monoisotopic (exact) mass is 298 g/mol. The Kier molecular flexibility index (Phi) is 2.60. The number of nitriles is 1. The lowest BCUT2D eigenvalue weighted by Gasteiger charge is -2.28. The summed E-state index contributed by atoms with van der Waals surface area (Å²) in [5, 5.41) is 31.4. The molecule has 0 saturated carbocycles. The summed E-state index contributed by atoms with van der Waals surface area (Å²) < 4.78 is 34.8. The highest BCUT2D eigenvalue weighted by atomic mass is 19.3. The highest BCUT2D eigenvalue weighted by molar-refractivity contribution is 5.86. The van der Waals surface area contributed by atoms with Gasteiger partial charge < -0.3 is 25.0 Å². The van der Waals surface area contributed by atoms with Crippen molar-refractivity contribution < 1.29 is 33.3 Å². The van der Waals surface area contributed by atoms with Gasteiger partial charge in [0.15, 0.2) is 29.2 Å². The average Bonchev–Trinajstić information content (AvgIpc) is 2.82. The highest BCUT2D eigenvalue weighted by Gasteiger charge is 2.59. The fourth-order valence-corrected chi connectivity index (χ4v) is 2.43. The minimum absolute atomic E-state index is 0.338. The Morgan fingerprint density at radius 2 is 2.10 bits per heavy atom. The number of hydrogen-bond acceptors (Lipinski definition) is 6. The van der Waals surface area contributed by atoms with Crippen molar-refractivity contribution in [2.45, 2.75) is 18.1 Å². The first-order chi connectivity index (χ1) is 9.79. The molecule has 3 atom stereocenters. The molecule has 0 aliphatic carbocycles. The van der Waals surface area contributed by atoms with Crippen LogP contribution in [0.2, 0.25) is 0 Å². The molecule has 3 unspecified atom stereocenters. The van der Waals surface area contributed by atoms with Crippen molar-refractivity contribution in [2.75, 3.05) is 0 Å². The standard InChI is InChI=1S/C12H8F2N2O5/c13-12(14)20-7-3-1-2-5(8(7)21-12)11(19)6(4-15)9(17)16-10(11)18/h1-3,6,10,18-19H,(H,16,17). The summed E-state index contributed by atoms with van der Waals surface area (Å²) in [6, 6.07) is 5.14. The molecule has 0 spiro atoms. The average molecular weight is 298 g/mol. The molecular weight excluding hydrogens is 290 g/mol. The van der Waals surface area contributed by atoms with E-state index in [1.807, 2.05) is 5.32 Å². The number of amides is 1. The van der Waals surface area contributed by atoms with Crippen LogP contribution >= 0.6 is 0 Å². The van der Waals surface area contributed by atoms with Crippen LogP contribution in [-0.4, -0.2) is 28.6 Å². The third-order valence-corrected chi connectivity index (χ3v) is 3.39. The SMILES string of the molecule is N#CC1C(=O)NC(O)C1(O)c1cccc2c1OC(F)(F)O2. The Bertz CT molecular complexity index is 674. The van der Waals surface area contributed by atoms with E-state index in [1.54, 1.807) is 0 Å². The Morgan fingerprint density at radius 1 is 1.38 bits per heavy atom. The summed E-state index contributed by atoms with van der Waals surface area (Å²) in [6.07, 6.45) is -5.78. The van der Waals surface area contributed by atoms with E-state index in [0.717, 1.165) is 6.07 Å². The third kappa shape index (κ3) is 1.73. The maximum absolute atomic E-state index is 13.1. The molecule has 1 aromatic carbocycles. The van der Waals surface area contributed by atoms with Crippen molar-refractivity contribution in [3.8, 4) is 17.6 Å². The van der Waals surface area contributed by atoms with Crippen molar-refractivity contribution in [1.29, 1.82) is 5.26 Å². The second kappa shape index (κ2) is 4.03. The number of nitrogens with zero attached hydrogens (tertiary/aromatic N) is 1. The van der Waals surface area contributed by atoms with Crippen molar-refractivity contribution in [3.05, 3.63) is 23.8 Å². The number of fused-ring (bicyclic) bond motifs is 1. The Hall–Kier alpha value is -2.44. The fourth-order valence-electron chi connectivity index (χ4n) is 2.43. The van der Waals surface area contributed by atoms with Gasteiger partial charge in [0.2, 0.25) is 5.91 Å². The van der Waals surface area contributed by atoms with E-state index < -0.39 is 35.7 Å². The van der Waals surface area contributed by atoms with Crippen LogP contribution in [0, 0.1) is 17.2 Å². The summed E-state index contributed by atoms with van der Waals surface area (Å²) in [5.41, 5.74) is -2.77. The zero-order chi connectivity index (χ0) is 15.4. The number of benzene rings is 1. The molecule has 3 rings (SSSR count). The number of aliphatic hydroxyl groups excluding tert-OH is 1.